The Morgan fingerprint density at radius 3 is 2.05 bits per heavy atom. The zero-order valence-electron chi connectivity index (χ0n) is 13.3. The number of aromatic nitrogens is 1. The van der Waals surface area contributed by atoms with E-state index in [1.165, 1.54) is 0 Å². The highest BCUT2D eigenvalue weighted by atomic mass is 19.1. The van der Waals surface area contributed by atoms with Crippen molar-refractivity contribution < 1.29 is 8.78 Å². The van der Waals surface area contributed by atoms with E-state index < -0.39 is 11.6 Å². The summed E-state index contributed by atoms with van der Waals surface area (Å²) in [6, 6.07) is 0.829. The van der Waals surface area contributed by atoms with E-state index in [0.717, 1.165) is 18.9 Å². The summed E-state index contributed by atoms with van der Waals surface area (Å²) in [5.74, 6) is 4.81. The number of nitrogens with zero attached hydrogens (tertiary/aromatic N) is 2. The topological polar surface area (TPSA) is 54.2 Å². The van der Waals surface area contributed by atoms with Gasteiger partial charge in [-0.25, -0.2) is 19.6 Å². The Hall–Kier alpha value is -1.43. The van der Waals surface area contributed by atoms with Crippen LogP contribution in [0.1, 0.15) is 40.5 Å². The molecule has 21 heavy (non-hydrogen) atoms. The number of rotatable bonds is 8. The predicted molar refractivity (Wildman–Crippen MR) is 83.1 cm³/mol. The first-order valence-corrected chi connectivity index (χ1v) is 7.42. The number of hydrogen-bond acceptors (Lipinski definition) is 4. The van der Waals surface area contributed by atoms with E-state index in [1.54, 1.807) is 0 Å². The van der Waals surface area contributed by atoms with Crippen molar-refractivity contribution >= 4 is 11.6 Å². The van der Waals surface area contributed by atoms with Gasteiger partial charge in [0.15, 0.2) is 23.3 Å². The molecule has 4 nitrogen and oxygen atoms in total. The lowest BCUT2D eigenvalue weighted by molar-refractivity contribution is 0.518. The predicted octanol–water partition coefficient (Wildman–Crippen LogP) is 3.54. The van der Waals surface area contributed by atoms with Crippen molar-refractivity contribution in [3.63, 3.8) is 0 Å². The van der Waals surface area contributed by atoms with E-state index in [9.17, 15) is 8.78 Å². The van der Waals surface area contributed by atoms with Gasteiger partial charge in [0.25, 0.3) is 0 Å². The van der Waals surface area contributed by atoms with Crippen molar-refractivity contribution in [1.29, 1.82) is 0 Å². The molecule has 3 N–H and O–H groups in total. The average Bonchev–Trinajstić information content (AvgIpc) is 2.39. The fourth-order valence-electron chi connectivity index (χ4n) is 1.93. The van der Waals surface area contributed by atoms with Gasteiger partial charge in [0.2, 0.25) is 0 Å². The summed E-state index contributed by atoms with van der Waals surface area (Å²) < 4.78 is 27.5. The number of anilines is 2. The van der Waals surface area contributed by atoms with E-state index in [1.807, 2.05) is 4.90 Å². The van der Waals surface area contributed by atoms with Crippen LogP contribution >= 0.6 is 0 Å². The van der Waals surface area contributed by atoms with Gasteiger partial charge < -0.3 is 10.3 Å². The van der Waals surface area contributed by atoms with Gasteiger partial charge >= 0.3 is 0 Å². The number of nitrogens with two attached hydrogens (primary N) is 1. The minimum absolute atomic E-state index is 0.134. The molecule has 0 bridgehead atoms. The minimum Gasteiger partial charge on any atom is -0.354 e. The molecule has 0 spiro atoms. The van der Waals surface area contributed by atoms with Crippen molar-refractivity contribution in [3.05, 3.63) is 17.7 Å². The third kappa shape index (κ3) is 5.46. The van der Waals surface area contributed by atoms with E-state index in [0.29, 0.717) is 24.9 Å². The molecule has 1 aromatic heterocycles. The van der Waals surface area contributed by atoms with Crippen molar-refractivity contribution in [2.24, 2.45) is 17.7 Å². The van der Waals surface area contributed by atoms with Crippen molar-refractivity contribution in [2.45, 2.75) is 40.5 Å². The Morgan fingerprint density at radius 2 is 1.62 bits per heavy atom. The van der Waals surface area contributed by atoms with E-state index in [-0.39, 0.29) is 11.6 Å². The number of nitrogens with one attached hydrogen (secondary N) is 1. The van der Waals surface area contributed by atoms with Gasteiger partial charge in [-0.2, -0.15) is 0 Å². The molecule has 0 fully saturated rings. The summed E-state index contributed by atoms with van der Waals surface area (Å²) in [6.45, 7) is 9.82. The van der Waals surface area contributed by atoms with E-state index in [2.05, 4.69) is 38.1 Å². The van der Waals surface area contributed by atoms with Crippen LogP contribution in [-0.2, 0) is 0 Å². The summed E-state index contributed by atoms with van der Waals surface area (Å²) >= 11 is 0. The molecule has 0 atom stereocenters. The lowest BCUT2D eigenvalue weighted by atomic mass is 10.1. The maximum absolute atomic E-state index is 14.1. The van der Waals surface area contributed by atoms with Crippen LogP contribution in [0.2, 0.25) is 0 Å². The molecule has 1 rings (SSSR count). The lowest BCUT2D eigenvalue weighted by Crippen LogP contribution is -2.30. The lowest BCUT2D eigenvalue weighted by Gasteiger charge is -2.26. The van der Waals surface area contributed by atoms with Crippen LogP contribution in [0, 0.1) is 23.5 Å². The Balaban J connectivity index is 2.99. The average molecular weight is 300 g/mol. The number of nitrogen functional groups attached to an aromatic ring is 1. The second-order valence-electron chi connectivity index (χ2n) is 6.12. The summed E-state index contributed by atoms with van der Waals surface area (Å²) in [7, 11) is 0. The smallest absolute Gasteiger partial charge is 0.178 e. The molecule has 0 radical (unpaired) electrons. The molecule has 0 aliphatic carbocycles. The Bertz CT molecular complexity index is 438. The Kier molecular flexibility index (Phi) is 6.81. The Morgan fingerprint density at radius 1 is 1.10 bits per heavy atom. The number of halogens is 2. The SMILES string of the molecule is CC(C)CCN(CCC(C)C)c1nc(NN)c(F)cc1F. The fourth-order valence-corrected chi connectivity index (χ4v) is 1.93. The molecule has 0 aromatic carbocycles. The Labute approximate surface area is 125 Å². The van der Waals surface area contributed by atoms with Gasteiger partial charge in [-0.05, 0) is 24.7 Å². The molecule has 0 aliphatic heterocycles. The van der Waals surface area contributed by atoms with Gasteiger partial charge in [0.05, 0.1) is 0 Å². The van der Waals surface area contributed by atoms with Crippen LogP contribution in [0.15, 0.2) is 6.07 Å². The largest absolute Gasteiger partial charge is 0.354 e. The molecular formula is C15H26F2N4. The highest BCUT2D eigenvalue weighted by molar-refractivity contribution is 5.48. The summed E-state index contributed by atoms with van der Waals surface area (Å²) in [6.07, 6.45) is 1.84. The summed E-state index contributed by atoms with van der Waals surface area (Å²) in [5.41, 5.74) is 2.17. The molecule has 120 valence electrons. The quantitative estimate of drug-likeness (QED) is 0.569. The zero-order chi connectivity index (χ0) is 16.0. The molecule has 1 heterocycles. The van der Waals surface area contributed by atoms with Crippen LogP contribution in [0.5, 0.6) is 0 Å². The molecule has 1 aromatic rings. The fraction of sp³-hybridized carbons (Fsp3) is 0.667. The maximum Gasteiger partial charge on any atom is 0.178 e. The number of pyridine rings is 1. The molecule has 0 saturated carbocycles. The third-order valence-corrected chi connectivity index (χ3v) is 3.30. The highest BCUT2D eigenvalue weighted by Crippen LogP contribution is 2.23. The summed E-state index contributed by atoms with van der Waals surface area (Å²) in [5, 5.41) is 0. The van der Waals surface area contributed by atoms with Crippen LogP contribution in [0.3, 0.4) is 0 Å². The first-order valence-electron chi connectivity index (χ1n) is 7.42. The second kappa shape index (κ2) is 8.12. The highest BCUT2D eigenvalue weighted by Gasteiger charge is 2.18. The van der Waals surface area contributed by atoms with Crippen LogP contribution < -0.4 is 16.2 Å². The summed E-state index contributed by atoms with van der Waals surface area (Å²) in [4.78, 5) is 5.86. The minimum atomic E-state index is -0.786. The van der Waals surface area contributed by atoms with Crippen molar-refractivity contribution in [1.82, 2.24) is 4.98 Å². The molecule has 0 unspecified atom stereocenters. The standard InChI is InChI=1S/C15H26F2N4/c1-10(2)5-7-21(8-6-11(3)4)15-13(17)9-12(16)14(19-15)20-18/h9-11H,5-8,18H2,1-4H3,(H,19,20). The monoisotopic (exact) mass is 300 g/mol. The van der Waals surface area contributed by atoms with Gasteiger partial charge in [-0.3, -0.25) is 0 Å². The third-order valence-electron chi connectivity index (χ3n) is 3.30. The van der Waals surface area contributed by atoms with Crippen molar-refractivity contribution in [2.75, 3.05) is 23.4 Å². The molecular weight excluding hydrogens is 274 g/mol. The van der Waals surface area contributed by atoms with Gasteiger partial charge in [-0.1, -0.05) is 27.7 Å². The normalized spacial score (nSPS) is 11.3. The van der Waals surface area contributed by atoms with Crippen molar-refractivity contribution in [3.8, 4) is 0 Å². The molecule has 0 amide bonds. The maximum atomic E-state index is 14.1. The van der Waals surface area contributed by atoms with Crippen LogP contribution in [0.4, 0.5) is 20.4 Å². The molecule has 6 heteroatoms. The second-order valence-corrected chi connectivity index (χ2v) is 6.12. The van der Waals surface area contributed by atoms with Gasteiger partial charge in [0, 0.05) is 19.2 Å². The van der Waals surface area contributed by atoms with Crippen LogP contribution in [-0.4, -0.2) is 18.1 Å². The first-order chi connectivity index (χ1) is 9.85. The first kappa shape index (κ1) is 17.6. The van der Waals surface area contributed by atoms with Gasteiger partial charge in [-0.15, -0.1) is 0 Å². The molecule has 0 aliphatic rings. The molecule has 0 saturated heterocycles. The number of hydrazine groups is 1. The van der Waals surface area contributed by atoms with Crippen LogP contribution in [0.25, 0.3) is 0 Å². The zero-order valence-corrected chi connectivity index (χ0v) is 13.3. The van der Waals surface area contributed by atoms with Gasteiger partial charge in [0.1, 0.15) is 0 Å². The van der Waals surface area contributed by atoms with E-state index >= 15 is 0 Å². The number of hydrogen-bond donors (Lipinski definition) is 2. The van der Waals surface area contributed by atoms with E-state index in [4.69, 9.17) is 5.84 Å².